The molecule has 2 unspecified atom stereocenters. The van der Waals surface area contributed by atoms with E-state index in [-0.39, 0.29) is 24.2 Å². The molecule has 2 amide bonds. The van der Waals surface area contributed by atoms with Crippen LogP contribution in [0.1, 0.15) is 28.8 Å². The van der Waals surface area contributed by atoms with Gasteiger partial charge in [-0.05, 0) is 50.0 Å². The third-order valence-corrected chi connectivity index (χ3v) is 5.25. The Labute approximate surface area is 179 Å². The van der Waals surface area contributed by atoms with Crippen LogP contribution in [0.15, 0.2) is 60.7 Å². The van der Waals surface area contributed by atoms with Gasteiger partial charge in [-0.3, -0.25) is 9.59 Å². The Bertz CT molecular complexity index is 768. The summed E-state index contributed by atoms with van der Waals surface area (Å²) >= 11 is 0. The zero-order chi connectivity index (χ0) is 19.8. The number of carbonyl (C=O) groups is 2. The highest BCUT2D eigenvalue weighted by Crippen LogP contribution is 2.18. The molecule has 0 saturated carbocycles. The lowest BCUT2D eigenvalue weighted by Gasteiger charge is -2.35. The van der Waals surface area contributed by atoms with E-state index in [1.54, 1.807) is 12.1 Å². The van der Waals surface area contributed by atoms with E-state index < -0.39 is 6.04 Å². The fourth-order valence-corrected chi connectivity index (χ4v) is 3.82. The Kier molecular flexibility index (Phi) is 9.16. The number of hydrogen-bond donors (Lipinski definition) is 2. The summed E-state index contributed by atoms with van der Waals surface area (Å²) in [6, 6.07) is 18.4. The molecule has 29 heavy (non-hydrogen) atoms. The number of piperidine rings is 1. The quantitative estimate of drug-likeness (QED) is 0.730. The van der Waals surface area contributed by atoms with Crippen molar-refractivity contribution in [2.45, 2.75) is 25.3 Å². The second-order valence-electron chi connectivity index (χ2n) is 7.43. The second kappa shape index (κ2) is 11.6. The summed E-state index contributed by atoms with van der Waals surface area (Å²) in [7, 11) is 1.94. The van der Waals surface area contributed by atoms with Crippen LogP contribution >= 0.6 is 12.4 Å². The van der Waals surface area contributed by atoms with Crippen molar-refractivity contribution < 1.29 is 9.59 Å². The number of likely N-dealkylation sites (tertiary alicyclic amines) is 1. The molecule has 0 bridgehead atoms. The fraction of sp³-hybridized carbons (Fsp3) is 0.391. The molecule has 5 nitrogen and oxygen atoms in total. The third-order valence-electron chi connectivity index (χ3n) is 5.25. The van der Waals surface area contributed by atoms with Gasteiger partial charge in [-0.1, -0.05) is 48.5 Å². The van der Waals surface area contributed by atoms with E-state index in [9.17, 15) is 9.59 Å². The van der Waals surface area contributed by atoms with Gasteiger partial charge in [0.05, 0.1) is 0 Å². The predicted octanol–water partition coefficient (Wildman–Crippen LogP) is 2.91. The number of rotatable bonds is 7. The van der Waals surface area contributed by atoms with Gasteiger partial charge in [-0.15, -0.1) is 12.4 Å². The van der Waals surface area contributed by atoms with Gasteiger partial charge in [0, 0.05) is 25.1 Å². The lowest BCUT2D eigenvalue weighted by Crippen LogP contribution is -2.53. The lowest BCUT2D eigenvalue weighted by atomic mass is 9.96. The number of halogens is 1. The molecule has 2 aromatic carbocycles. The average Bonchev–Trinajstić information content (AvgIpc) is 2.74. The topological polar surface area (TPSA) is 61.4 Å². The zero-order valence-electron chi connectivity index (χ0n) is 16.8. The molecule has 1 heterocycles. The van der Waals surface area contributed by atoms with E-state index in [4.69, 9.17) is 0 Å². The lowest BCUT2D eigenvalue weighted by molar-refractivity contribution is -0.135. The van der Waals surface area contributed by atoms with Crippen molar-refractivity contribution in [2.75, 3.05) is 26.7 Å². The molecule has 2 aromatic rings. The Morgan fingerprint density at radius 3 is 2.38 bits per heavy atom. The molecule has 2 N–H and O–H groups in total. The molecule has 1 aliphatic heterocycles. The van der Waals surface area contributed by atoms with Crippen LogP contribution in [0.25, 0.3) is 0 Å². The van der Waals surface area contributed by atoms with Crippen LogP contribution < -0.4 is 10.6 Å². The van der Waals surface area contributed by atoms with Gasteiger partial charge in [-0.25, -0.2) is 0 Å². The normalized spacial score (nSPS) is 17.1. The summed E-state index contributed by atoms with van der Waals surface area (Å²) in [5, 5.41) is 6.19. The molecular weight excluding hydrogens is 386 g/mol. The first-order chi connectivity index (χ1) is 13.7. The molecule has 2 atom stereocenters. The van der Waals surface area contributed by atoms with Crippen LogP contribution in [-0.4, -0.2) is 49.4 Å². The Morgan fingerprint density at radius 2 is 1.72 bits per heavy atom. The summed E-state index contributed by atoms with van der Waals surface area (Å²) in [5.41, 5.74) is 1.61. The summed E-state index contributed by atoms with van der Waals surface area (Å²) in [5.74, 6) is 0.262. The van der Waals surface area contributed by atoms with Crippen LogP contribution in [0.2, 0.25) is 0 Å². The van der Waals surface area contributed by atoms with Gasteiger partial charge in [-0.2, -0.15) is 0 Å². The van der Waals surface area contributed by atoms with Gasteiger partial charge in [0.1, 0.15) is 6.04 Å². The highest BCUT2D eigenvalue weighted by molar-refractivity contribution is 5.97. The zero-order valence-corrected chi connectivity index (χ0v) is 17.7. The first kappa shape index (κ1) is 22.9. The molecule has 0 aliphatic carbocycles. The van der Waals surface area contributed by atoms with Crippen LogP contribution in [-0.2, 0) is 11.2 Å². The van der Waals surface area contributed by atoms with Crippen molar-refractivity contribution in [2.24, 2.45) is 5.92 Å². The molecule has 0 aromatic heterocycles. The molecule has 156 valence electrons. The van der Waals surface area contributed by atoms with Crippen molar-refractivity contribution >= 4 is 24.2 Å². The number of benzene rings is 2. The van der Waals surface area contributed by atoms with Gasteiger partial charge in [0.2, 0.25) is 5.91 Å². The highest BCUT2D eigenvalue weighted by atomic mass is 35.5. The first-order valence-corrected chi connectivity index (χ1v) is 10.0. The van der Waals surface area contributed by atoms with Crippen LogP contribution in [0.5, 0.6) is 0 Å². The molecule has 0 spiro atoms. The van der Waals surface area contributed by atoms with E-state index in [2.05, 4.69) is 10.6 Å². The number of nitrogens with one attached hydrogen (secondary N) is 2. The maximum absolute atomic E-state index is 13.3. The molecule has 1 aliphatic rings. The van der Waals surface area contributed by atoms with Gasteiger partial charge < -0.3 is 15.5 Å². The largest absolute Gasteiger partial charge is 0.341 e. The van der Waals surface area contributed by atoms with Gasteiger partial charge in [0.25, 0.3) is 5.91 Å². The van der Waals surface area contributed by atoms with E-state index in [0.717, 1.165) is 38.0 Å². The van der Waals surface area contributed by atoms with Crippen LogP contribution in [0.4, 0.5) is 0 Å². The maximum atomic E-state index is 13.3. The van der Waals surface area contributed by atoms with Crippen molar-refractivity contribution in [1.29, 1.82) is 0 Å². The predicted molar refractivity (Wildman–Crippen MR) is 118 cm³/mol. The number of nitrogens with zero attached hydrogens (tertiary/aromatic N) is 1. The molecule has 1 fully saturated rings. The Balaban J connectivity index is 0.00000300. The minimum Gasteiger partial charge on any atom is -0.341 e. The van der Waals surface area contributed by atoms with Crippen molar-refractivity contribution in [3.63, 3.8) is 0 Å². The molecule has 6 heteroatoms. The van der Waals surface area contributed by atoms with Crippen molar-refractivity contribution in [3.8, 4) is 0 Å². The van der Waals surface area contributed by atoms with Crippen molar-refractivity contribution in [3.05, 3.63) is 71.8 Å². The number of carbonyl (C=O) groups excluding carboxylic acids is 2. The summed E-state index contributed by atoms with van der Waals surface area (Å²) in [4.78, 5) is 27.9. The van der Waals surface area contributed by atoms with Crippen LogP contribution in [0, 0.1) is 5.92 Å². The highest BCUT2D eigenvalue weighted by Gasteiger charge is 2.30. The molecule has 3 rings (SSSR count). The summed E-state index contributed by atoms with van der Waals surface area (Å²) in [6.07, 6.45) is 2.62. The summed E-state index contributed by atoms with van der Waals surface area (Å²) in [6.45, 7) is 2.40. The van der Waals surface area contributed by atoms with E-state index in [1.807, 2.05) is 60.5 Å². The molecular formula is C23H30ClN3O2. The standard InChI is InChI=1S/C23H29N3O2.ClH/c1-24-16-19-11-8-14-26(17-19)23(28)21(15-18-9-4-2-5-10-18)25-22(27)20-12-6-3-7-13-20;/h2-7,9-10,12-13,19,21,24H,8,11,14-17H2,1H3,(H,25,27);1H. The SMILES string of the molecule is CNCC1CCCN(C(=O)C(Cc2ccccc2)NC(=O)c2ccccc2)C1.Cl. The minimum absolute atomic E-state index is 0. The van der Waals surface area contributed by atoms with Gasteiger partial charge in [0.15, 0.2) is 0 Å². The number of amides is 2. The Hall–Kier alpha value is -2.37. The molecule has 1 saturated heterocycles. The monoisotopic (exact) mass is 415 g/mol. The van der Waals surface area contributed by atoms with E-state index in [0.29, 0.717) is 17.9 Å². The first-order valence-electron chi connectivity index (χ1n) is 10.0. The van der Waals surface area contributed by atoms with E-state index in [1.165, 1.54) is 0 Å². The number of hydrogen-bond acceptors (Lipinski definition) is 3. The Morgan fingerprint density at radius 1 is 1.07 bits per heavy atom. The minimum atomic E-state index is -0.566. The molecule has 0 radical (unpaired) electrons. The average molecular weight is 416 g/mol. The maximum Gasteiger partial charge on any atom is 0.251 e. The fourth-order valence-electron chi connectivity index (χ4n) is 3.82. The van der Waals surface area contributed by atoms with E-state index >= 15 is 0 Å². The van der Waals surface area contributed by atoms with Crippen LogP contribution in [0.3, 0.4) is 0 Å². The third kappa shape index (κ3) is 6.58. The van der Waals surface area contributed by atoms with Gasteiger partial charge >= 0.3 is 0 Å². The second-order valence-corrected chi connectivity index (χ2v) is 7.43. The smallest absolute Gasteiger partial charge is 0.251 e. The summed E-state index contributed by atoms with van der Waals surface area (Å²) < 4.78 is 0. The van der Waals surface area contributed by atoms with Crippen molar-refractivity contribution in [1.82, 2.24) is 15.5 Å².